The van der Waals surface area contributed by atoms with Crippen molar-refractivity contribution >= 4 is 17.4 Å². The maximum Gasteiger partial charge on any atom is 0.274 e. The Labute approximate surface area is 186 Å². The molecule has 1 fully saturated rings. The summed E-state index contributed by atoms with van der Waals surface area (Å²) in [5, 5.41) is 4.60. The molecule has 0 aliphatic carbocycles. The van der Waals surface area contributed by atoms with E-state index in [1.165, 1.54) is 10.6 Å². The molecule has 0 N–H and O–H groups in total. The molecule has 5 rings (SSSR count). The van der Waals surface area contributed by atoms with E-state index < -0.39 is 0 Å². The minimum absolute atomic E-state index is 0.0595. The number of carbonyl (C=O) groups is 1. The van der Waals surface area contributed by atoms with E-state index in [4.69, 9.17) is 4.74 Å². The van der Waals surface area contributed by atoms with Crippen molar-refractivity contribution in [1.82, 2.24) is 19.5 Å². The smallest absolute Gasteiger partial charge is 0.274 e. The third-order valence-electron chi connectivity index (χ3n) is 6.36. The molecule has 166 valence electrons. The van der Waals surface area contributed by atoms with Gasteiger partial charge in [0.1, 0.15) is 11.9 Å². The summed E-state index contributed by atoms with van der Waals surface area (Å²) in [6.07, 6.45) is 2.64. The van der Waals surface area contributed by atoms with Gasteiger partial charge >= 0.3 is 0 Å². The van der Waals surface area contributed by atoms with Crippen LogP contribution in [0.3, 0.4) is 0 Å². The first-order valence-electron chi connectivity index (χ1n) is 11.1. The summed E-state index contributed by atoms with van der Waals surface area (Å²) in [6, 6.07) is 9.29. The van der Waals surface area contributed by atoms with Crippen LogP contribution in [0.1, 0.15) is 40.0 Å². The normalized spacial score (nSPS) is 17.0. The maximum atomic E-state index is 12.5. The molecule has 4 heterocycles. The lowest BCUT2D eigenvalue weighted by Gasteiger charge is -2.34. The van der Waals surface area contributed by atoms with Crippen LogP contribution in [0.4, 0.5) is 5.82 Å². The zero-order valence-electron chi connectivity index (χ0n) is 18.7. The molecule has 8 nitrogen and oxygen atoms in total. The van der Waals surface area contributed by atoms with Gasteiger partial charge in [-0.15, -0.1) is 5.10 Å². The first-order valence-corrected chi connectivity index (χ1v) is 11.1. The Morgan fingerprint density at radius 2 is 1.81 bits per heavy atom. The first kappa shape index (κ1) is 20.5. The quantitative estimate of drug-likeness (QED) is 0.631. The van der Waals surface area contributed by atoms with Crippen molar-refractivity contribution in [3.05, 3.63) is 63.1 Å². The SMILES string of the molecule is Cc1cc(=O)n2nc(N3CCC(Oc4ccc5c(c4)C(=O)N(C)CC5)CC3)c(C)cc2n1. The number of likely N-dealkylation sites (N-methyl/N-ethyl adjacent to an activating group) is 1. The predicted molar refractivity (Wildman–Crippen MR) is 122 cm³/mol. The molecule has 0 saturated carbocycles. The highest BCUT2D eigenvalue weighted by Gasteiger charge is 2.25. The Kier molecular flexibility index (Phi) is 5.07. The van der Waals surface area contributed by atoms with Crippen LogP contribution in [-0.2, 0) is 6.42 Å². The number of carbonyl (C=O) groups excluding carboxylic acids is 1. The van der Waals surface area contributed by atoms with Crippen LogP contribution in [0.15, 0.2) is 35.1 Å². The second-order valence-corrected chi connectivity index (χ2v) is 8.76. The molecule has 2 aliphatic rings. The van der Waals surface area contributed by atoms with Gasteiger partial charge in [-0.2, -0.15) is 4.52 Å². The fraction of sp³-hybridized carbons (Fsp3) is 0.417. The Morgan fingerprint density at radius 1 is 1.03 bits per heavy atom. The Hall–Kier alpha value is -3.42. The topological polar surface area (TPSA) is 80.0 Å². The van der Waals surface area contributed by atoms with Crippen LogP contribution in [-0.4, -0.2) is 58.2 Å². The van der Waals surface area contributed by atoms with Gasteiger partial charge in [0.15, 0.2) is 11.5 Å². The first-order chi connectivity index (χ1) is 15.4. The Morgan fingerprint density at radius 3 is 2.59 bits per heavy atom. The van der Waals surface area contributed by atoms with Crippen molar-refractivity contribution < 1.29 is 9.53 Å². The summed E-state index contributed by atoms with van der Waals surface area (Å²) in [6.45, 7) is 6.14. The van der Waals surface area contributed by atoms with Gasteiger partial charge in [-0.25, -0.2) is 4.98 Å². The van der Waals surface area contributed by atoms with E-state index in [0.717, 1.165) is 67.2 Å². The number of fused-ring (bicyclic) bond motifs is 2. The monoisotopic (exact) mass is 433 g/mol. The number of ether oxygens (including phenoxy) is 1. The van der Waals surface area contributed by atoms with Crippen molar-refractivity contribution in [3.63, 3.8) is 0 Å². The second-order valence-electron chi connectivity index (χ2n) is 8.76. The summed E-state index contributed by atoms with van der Waals surface area (Å²) in [7, 11) is 1.84. The number of amides is 1. The zero-order valence-corrected chi connectivity index (χ0v) is 18.7. The van der Waals surface area contributed by atoms with Crippen LogP contribution in [0.2, 0.25) is 0 Å². The third kappa shape index (κ3) is 3.70. The molecule has 0 radical (unpaired) electrons. The molecule has 1 amide bonds. The maximum absolute atomic E-state index is 12.5. The van der Waals surface area contributed by atoms with Gasteiger partial charge in [0.2, 0.25) is 0 Å². The fourth-order valence-electron chi connectivity index (χ4n) is 4.57. The van der Waals surface area contributed by atoms with E-state index in [-0.39, 0.29) is 17.6 Å². The van der Waals surface area contributed by atoms with Crippen molar-refractivity contribution in [2.75, 3.05) is 31.6 Å². The number of hydrogen-bond donors (Lipinski definition) is 0. The molecule has 2 aromatic heterocycles. The number of piperidine rings is 1. The van der Waals surface area contributed by atoms with Gasteiger partial charge in [-0.05, 0) is 49.6 Å². The van der Waals surface area contributed by atoms with Crippen LogP contribution in [0.25, 0.3) is 5.65 Å². The van der Waals surface area contributed by atoms with E-state index >= 15 is 0 Å². The zero-order chi connectivity index (χ0) is 22.4. The highest BCUT2D eigenvalue weighted by molar-refractivity contribution is 5.97. The highest BCUT2D eigenvalue weighted by Crippen LogP contribution is 2.27. The Balaban J connectivity index is 1.29. The summed E-state index contributed by atoms with van der Waals surface area (Å²) < 4.78 is 7.61. The molecule has 1 aromatic carbocycles. The molecule has 2 aliphatic heterocycles. The van der Waals surface area contributed by atoms with Crippen molar-refractivity contribution in [2.45, 2.75) is 39.2 Å². The Bertz CT molecular complexity index is 1260. The third-order valence-corrected chi connectivity index (χ3v) is 6.36. The van der Waals surface area contributed by atoms with Crippen LogP contribution in [0, 0.1) is 13.8 Å². The number of rotatable bonds is 3. The lowest BCUT2D eigenvalue weighted by atomic mass is 9.99. The highest BCUT2D eigenvalue weighted by atomic mass is 16.5. The molecule has 0 atom stereocenters. The number of hydrogen-bond acceptors (Lipinski definition) is 6. The van der Waals surface area contributed by atoms with Gasteiger partial charge in [-0.1, -0.05) is 6.07 Å². The van der Waals surface area contributed by atoms with Crippen LogP contribution >= 0.6 is 0 Å². The van der Waals surface area contributed by atoms with Gasteiger partial charge < -0.3 is 14.5 Å². The van der Waals surface area contributed by atoms with Gasteiger partial charge in [-0.3, -0.25) is 9.59 Å². The lowest BCUT2D eigenvalue weighted by Crippen LogP contribution is -2.39. The molecule has 1 saturated heterocycles. The largest absolute Gasteiger partial charge is 0.490 e. The minimum atomic E-state index is -0.167. The van der Waals surface area contributed by atoms with E-state index in [1.54, 1.807) is 4.90 Å². The van der Waals surface area contributed by atoms with Crippen molar-refractivity contribution in [2.24, 2.45) is 0 Å². The molecule has 8 heteroatoms. The summed E-state index contributed by atoms with van der Waals surface area (Å²) in [4.78, 5) is 33.2. The van der Waals surface area contributed by atoms with Crippen molar-refractivity contribution in [3.8, 4) is 5.75 Å². The number of aromatic nitrogens is 3. The standard InChI is InChI=1S/C24H27N5O3/c1-15-12-21-25-16(2)13-22(30)29(21)26-23(15)28-10-7-18(8-11-28)32-19-5-4-17-6-9-27(3)24(31)20(17)14-19/h4-5,12-14,18H,6-11H2,1-3H3. The lowest BCUT2D eigenvalue weighted by molar-refractivity contribution is 0.0779. The van der Waals surface area contributed by atoms with E-state index in [2.05, 4.69) is 15.0 Å². The minimum Gasteiger partial charge on any atom is -0.490 e. The average molecular weight is 434 g/mol. The molecule has 0 unspecified atom stereocenters. The average Bonchev–Trinajstić information content (AvgIpc) is 2.77. The van der Waals surface area contributed by atoms with E-state index in [9.17, 15) is 9.59 Å². The molecule has 0 spiro atoms. The molecule has 32 heavy (non-hydrogen) atoms. The summed E-state index contributed by atoms with van der Waals surface area (Å²) >= 11 is 0. The fourth-order valence-corrected chi connectivity index (χ4v) is 4.57. The molecule has 3 aromatic rings. The van der Waals surface area contributed by atoms with E-state index in [0.29, 0.717) is 11.3 Å². The number of aryl methyl sites for hydroxylation is 2. The number of anilines is 1. The molecule has 0 bridgehead atoms. The second kappa shape index (κ2) is 7.93. The predicted octanol–water partition coefficient (Wildman–Crippen LogP) is 2.38. The van der Waals surface area contributed by atoms with Gasteiger partial charge in [0.05, 0.1) is 0 Å². The van der Waals surface area contributed by atoms with Crippen LogP contribution < -0.4 is 15.2 Å². The summed E-state index contributed by atoms with van der Waals surface area (Å²) in [5.74, 6) is 1.62. The van der Waals surface area contributed by atoms with Gasteiger partial charge in [0, 0.05) is 56.8 Å². The summed E-state index contributed by atoms with van der Waals surface area (Å²) in [5.41, 5.74) is 3.94. The van der Waals surface area contributed by atoms with Gasteiger partial charge in [0.25, 0.3) is 11.5 Å². The molecular weight excluding hydrogens is 406 g/mol. The van der Waals surface area contributed by atoms with E-state index in [1.807, 2.05) is 45.2 Å². The number of nitrogens with zero attached hydrogens (tertiary/aromatic N) is 5. The molecular formula is C24H27N5O3. The van der Waals surface area contributed by atoms with Crippen LogP contribution in [0.5, 0.6) is 5.75 Å². The van der Waals surface area contributed by atoms with Crippen molar-refractivity contribution in [1.29, 1.82) is 0 Å². The number of benzene rings is 1.